The molecule has 3 unspecified atom stereocenters. The Morgan fingerprint density at radius 1 is 1.24 bits per heavy atom. The van der Waals surface area contributed by atoms with Gasteiger partial charge in [-0.3, -0.25) is 14.4 Å². The van der Waals surface area contributed by atoms with Gasteiger partial charge in [0.2, 0.25) is 11.8 Å². The summed E-state index contributed by atoms with van der Waals surface area (Å²) in [6.07, 6.45) is 3.66. The molecule has 6 nitrogen and oxygen atoms in total. The molecule has 3 atom stereocenters. The van der Waals surface area contributed by atoms with Crippen molar-refractivity contribution in [1.29, 1.82) is 0 Å². The Kier molecular flexibility index (Phi) is 6.98. The Morgan fingerprint density at radius 3 is 2.69 bits per heavy atom. The van der Waals surface area contributed by atoms with E-state index in [1.54, 1.807) is 17.0 Å². The van der Waals surface area contributed by atoms with E-state index in [2.05, 4.69) is 35.1 Å². The molecule has 0 spiro atoms. The minimum absolute atomic E-state index is 0.0542. The van der Waals surface area contributed by atoms with Crippen LogP contribution >= 0.6 is 15.9 Å². The number of carbonyl (C=O) groups is 3. The molecule has 0 bridgehead atoms. The molecule has 1 aromatic rings. The molecule has 2 heterocycles. The van der Waals surface area contributed by atoms with Crippen molar-refractivity contribution in [2.24, 2.45) is 11.8 Å². The molecular formula is C22H30BrN3O3. The van der Waals surface area contributed by atoms with Crippen molar-refractivity contribution >= 4 is 39.3 Å². The van der Waals surface area contributed by atoms with Gasteiger partial charge >= 0.3 is 0 Å². The fourth-order valence-corrected chi connectivity index (χ4v) is 4.91. The van der Waals surface area contributed by atoms with Gasteiger partial charge in [-0.1, -0.05) is 36.2 Å². The van der Waals surface area contributed by atoms with Gasteiger partial charge in [-0.25, -0.2) is 0 Å². The van der Waals surface area contributed by atoms with Crippen LogP contribution in [0.25, 0.3) is 0 Å². The van der Waals surface area contributed by atoms with E-state index in [0.717, 1.165) is 36.8 Å². The summed E-state index contributed by atoms with van der Waals surface area (Å²) in [6.45, 7) is 7.92. The average molecular weight is 464 g/mol. The molecule has 2 fully saturated rings. The van der Waals surface area contributed by atoms with Gasteiger partial charge in [0.1, 0.15) is 6.04 Å². The molecule has 1 aromatic carbocycles. The highest BCUT2D eigenvalue weighted by atomic mass is 79.9. The molecule has 2 aliphatic heterocycles. The number of nitrogens with zero attached hydrogens (tertiary/aromatic N) is 2. The Balaban J connectivity index is 1.81. The van der Waals surface area contributed by atoms with Crippen molar-refractivity contribution in [2.45, 2.75) is 52.5 Å². The quantitative estimate of drug-likeness (QED) is 0.735. The Hall–Kier alpha value is -1.89. The number of halogens is 1. The van der Waals surface area contributed by atoms with Gasteiger partial charge in [-0.2, -0.15) is 0 Å². The molecule has 29 heavy (non-hydrogen) atoms. The highest BCUT2D eigenvalue weighted by Gasteiger charge is 2.34. The number of piperidine rings is 1. The number of amides is 3. The average Bonchev–Trinajstić information content (AvgIpc) is 3.18. The number of anilines is 1. The number of hydrogen-bond acceptors (Lipinski definition) is 3. The summed E-state index contributed by atoms with van der Waals surface area (Å²) in [5.74, 6) is 0.595. The van der Waals surface area contributed by atoms with Crippen molar-refractivity contribution < 1.29 is 14.4 Å². The molecule has 0 saturated carbocycles. The molecule has 3 rings (SSSR count). The van der Waals surface area contributed by atoms with E-state index in [4.69, 9.17) is 0 Å². The number of hydrogen-bond donors (Lipinski definition) is 1. The Bertz CT molecular complexity index is 798. The molecule has 2 aliphatic rings. The third-order valence-corrected chi connectivity index (χ3v) is 6.53. The lowest BCUT2D eigenvalue weighted by Gasteiger charge is -2.36. The van der Waals surface area contributed by atoms with Crippen LogP contribution in [-0.2, 0) is 9.59 Å². The lowest BCUT2D eigenvalue weighted by atomic mass is 9.88. The molecule has 0 aliphatic carbocycles. The lowest BCUT2D eigenvalue weighted by molar-refractivity contribution is -0.134. The van der Waals surface area contributed by atoms with Gasteiger partial charge in [-0.15, -0.1) is 0 Å². The van der Waals surface area contributed by atoms with E-state index >= 15 is 0 Å². The predicted molar refractivity (Wildman–Crippen MR) is 117 cm³/mol. The highest BCUT2D eigenvalue weighted by Crippen LogP contribution is 2.29. The van der Waals surface area contributed by atoms with Crippen LogP contribution in [0.3, 0.4) is 0 Å². The fourth-order valence-electron chi connectivity index (χ4n) is 4.55. The summed E-state index contributed by atoms with van der Waals surface area (Å²) in [6, 6.07) is 4.87. The summed E-state index contributed by atoms with van der Waals surface area (Å²) < 4.78 is 0.794. The van der Waals surface area contributed by atoms with Crippen molar-refractivity contribution in [2.75, 3.05) is 25.0 Å². The Labute approximate surface area is 181 Å². The highest BCUT2D eigenvalue weighted by molar-refractivity contribution is 9.10. The Morgan fingerprint density at radius 2 is 2.00 bits per heavy atom. The van der Waals surface area contributed by atoms with Crippen LogP contribution in [0.1, 0.15) is 56.8 Å². The van der Waals surface area contributed by atoms with Gasteiger partial charge < -0.3 is 15.1 Å². The van der Waals surface area contributed by atoms with Crippen LogP contribution in [-0.4, -0.2) is 53.2 Å². The molecule has 158 valence electrons. The number of carbonyl (C=O) groups excluding carboxylic acids is 3. The van der Waals surface area contributed by atoms with Gasteiger partial charge in [0.15, 0.2) is 0 Å². The van der Waals surface area contributed by atoms with E-state index in [0.29, 0.717) is 36.1 Å². The van der Waals surface area contributed by atoms with Crippen LogP contribution < -0.4 is 5.32 Å². The minimum atomic E-state index is -0.474. The maximum absolute atomic E-state index is 13.3. The van der Waals surface area contributed by atoms with Crippen molar-refractivity contribution in [3.05, 3.63) is 28.2 Å². The SMILES string of the molecule is CCC1CC(C)CN(C(=O)c2cc(Br)ccc2NC(=O)C2CCCN2C(C)=O)C1. The maximum Gasteiger partial charge on any atom is 0.256 e. The summed E-state index contributed by atoms with van der Waals surface area (Å²) in [5, 5.41) is 2.92. The second kappa shape index (κ2) is 9.28. The van der Waals surface area contributed by atoms with Crippen LogP contribution in [0, 0.1) is 11.8 Å². The van der Waals surface area contributed by atoms with Crippen molar-refractivity contribution in [3.63, 3.8) is 0 Å². The fraction of sp³-hybridized carbons (Fsp3) is 0.591. The van der Waals surface area contributed by atoms with Gasteiger partial charge in [0.05, 0.1) is 11.3 Å². The van der Waals surface area contributed by atoms with E-state index in [9.17, 15) is 14.4 Å². The minimum Gasteiger partial charge on any atom is -0.338 e. The third kappa shape index (κ3) is 5.00. The second-order valence-electron chi connectivity index (χ2n) is 8.37. The number of benzene rings is 1. The molecule has 0 radical (unpaired) electrons. The van der Waals surface area contributed by atoms with Gasteiger partial charge in [0, 0.05) is 31.0 Å². The summed E-state index contributed by atoms with van der Waals surface area (Å²) in [5.41, 5.74) is 0.994. The molecule has 2 saturated heterocycles. The molecular weight excluding hydrogens is 434 g/mol. The van der Waals surface area contributed by atoms with E-state index in [1.165, 1.54) is 6.92 Å². The largest absolute Gasteiger partial charge is 0.338 e. The monoisotopic (exact) mass is 463 g/mol. The zero-order valence-electron chi connectivity index (χ0n) is 17.4. The standard InChI is InChI=1S/C22H30BrN3O3/c1-4-16-10-14(2)12-25(13-16)22(29)18-11-17(23)7-8-19(18)24-21(28)20-6-5-9-26(20)15(3)27/h7-8,11,14,16,20H,4-6,9-10,12-13H2,1-3H3,(H,24,28). The first-order valence-corrected chi connectivity index (χ1v) is 11.3. The van der Waals surface area contributed by atoms with Crippen molar-refractivity contribution in [1.82, 2.24) is 9.80 Å². The predicted octanol–water partition coefficient (Wildman–Crippen LogP) is 3.91. The number of nitrogens with one attached hydrogen (secondary N) is 1. The normalized spacial score (nSPS) is 24.5. The molecule has 0 aromatic heterocycles. The van der Waals surface area contributed by atoms with Crippen LogP contribution in [0.4, 0.5) is 5.69 Å². The summed E-state index contributed by atoms with van der Waals surface area (Å²) in [7, 11) is 0. The van der Waals surface area contributed by atoms with E-state index in [1.807, 2.05) is 11.0 Å². The van der Waals surface area contributed by atoms with Crippen LogP contribution in [0.5, 0.6) is 0 Å². The second-order valence-corrected chi connectivity index (χ2v) is 9.29. The van der Waals surface area contributed by atoms with Crippen molar-refractivity contribution in [3.8, 4) is 0 Å². The zero-order valence-corrected chi connectivity index (χ0v) is 19.0. The first-order valence-electron chi connectivity index (χ1n) is 10.5. The first kappa shape index (κ1) is 21.8. The topological polar surface area (TPSA) is 69.7 Å². The smallest absolute Gasteiger partial charge is 0.256 e. The van der Waals surface area contributed by atoms with E-state index < -0.39 is 6.04 Å². The van der Waals surface area contributed by atoms with Crippen LogP contribution in [0.15, 0.2) is 22.7 Å². The van der Waals surface area contributed by atoms with E-state index in [-0.39, 0.29) is 17.7 Å². The number of likely N-dealkylation sites (tertiary alicyclic amines) is 2. The molecule has 1 N–H and O–H groups in total. The summed E-state index contributed by atoms with van der Waals surface area (Å²) in [4.78, 5) is 41.5. The first-order chi connectivity index (χ1) is 13.8. The third-order valence-electron chi connectivity index (χ3n) is 6.04. The molecule has 3 amide bonds. The zero-order chi connectivity index (χ0) is 21.1. The number of rotatable bonds is 4. The van der Waals surface area contributed by atoms with Gasteiger partial charge in [0.25, 0.3) is 5.91 Å². The summed E-state index contributed by atoms with van der Waals surface area (Å²) >= 11 is 3.45. The lowest BCUT2D eigenvalue weighted by Crippen LogP contribution is -2.44. The van der Waals surface area contributed by atoms with Gasteiger partial charge in [-0.05, 0) is 49.3 Å². The van der Waals surface area contributed by atoms with Crippen LogP contribution in [0.2, 0.25) is 0 Å². The maximum atomic E-state index is 13.3. The molecule has 7 heteroatoms.